The topological polar surface area (TPSA) is 39.2 Å². The largest absolute Gasteiger partial charge is 0.488 e. The van der Waals surface area contributed by atoms with Gasteiger partial charge in [-0.2, -0.15) is 0 Å². The van der Waals surface area contributed by atoms with Gasteiger partial charge in [0.05, 0.1) is 0 Å². The quantitative estimate of drug-likeness (QED) is 0.320. The molecule has 0 N–H and O–H groups in total. The second kappa shape index (κ2) is 10.5. The number of aryl methyl sites for hydroxylation is 1. The molecule has 32 heavy (non-hydrogen) atoms. The van der Waals surface area contributed by atoms with Crippen molar-refractivity contribution in [3.8, 4) is 16.9 Å². The average molecular weight is 426 g/mol. The molecule has 160 valence electrons. The molecule has 1 aromatic heterocycles. The van der Waals surface area contributed by atoms with Crippen molar-refractivity contribution >= 4 is 5.78 Å². The molecule has 0 fully saturated rings. The summed E-state index contributed by atoms with van der Waals surface area (Å²) >= 11 is 0. The Hall–Kier alpha value is -3.79. The number of carbonyl (C=O) groups excluding carboxylic acids is 1. The van der Waals surface area contributed by atoms with Crippen LogP contribution >= 0.6 is 0 Å². The van der Waals surface area contributed by atoms with E-state index >= 15 is 0 Å². The third-order valence-corrected chi connectivity index (χ3v) is 5.26. The molecule has 0 aliphatic heterocycles. The standard InChI is InChI=1S/C28H24FNO2/c29-25-7-3-6-24(18-25)27-8-1-2-9-28(27)32-20-23-12-10-21(11-13-23)17-26(31)15-14-22-5-4-16-30-19-22/h1-13,16,18-19H,14-15,17,20H2. The molecule has 3 aromatic carbocycles. The molecule has 1 heterocycles. The molecule has 0 aliphatic carbocycles. The van der Waals surface area contributed by atoms with Gasteiger partial charge in [-0.1, -0.05) is 60.7 Å². The molecule has 0 radical (unpaired) electrons. The summed E-state index contributed by atoms with van der Waals surface area (Å²) in [5.74, 6) is 0.637. The Kier molecular flexibility index (Phi) is 7.03. The summed E-state index contributed by atoms with van der Waals surface area (Å²) in [5, 5.41) is 0. The molecule has 0 unspecified atom stereocenters. The predicted octanol–water partition coefficient (Wildman–Crippen LogP) is 6.21. The van der Waals surface area contributed by atoms with E-state index in [2.05, 4.69) is 4.98 Å². The Morgan fingerprint density at radius 1 is 0.844 bits per heavy atom. The second-order valence-corrected chi connectivity index (χ2v) is 7.69. The molecule has 0 bridgehead atoms. The highest BCUT2D eigenvalue weighted by Gasteiger charge is 2.08. The zero-order valence-corrected chi connectivity index (χ0v) is 17.7. The van der Waals surface area contributed by atoms with Crippen molar-refractivity contribution in [2.45, 2.75) is 25.9 Å². The first kappa shape index (κ1) is 21.4. The van der Waals surface area contributed by atoms with Crippen LogP contribution in [0.5, 0.6) is 5.75 Å². The van der Waals surface area contributed by atoms with Gasteiger partial charge in [-0.15, -0.1) is 0 Å². The van der Waals surface area contributed by atoms with E-state index in [1.54, 1.807) is 18.5 Å². The number of ether oxygens (including phenoxy) is 1. The normalized spacial score (nSPS) is 10.7. The lowest BCUT2D eigenvalue weighted by molar-refractivity contribution is -0.118. The smallest absolute Gasteiger partial charge is 0.137 e. The highest BCUT2D eigenvalue weighted by molar-refractivity contribution is 5.81. The fraction of sp³-hybridized carbons (Fsp3) is 0.143. The Morgan fingerprint density at radius 3 is 2.44 bits per heavy atom. The van der Waals surface area contributed by atoms with Crippen LogP contribution in [0.2, 0.25) is 0 Å². The van der Waals surface area contributed by atoms with Gasteiger partial charge in [0.2, 0.25) is 0 Å². The van der Waals surface area contributed by atoms with Crippen molar-refractivity contribution in [2.75, 3.05) is 0 Å². The summed E-state index contributed by atoms with van der Waals surface area (Å²) in [4.78, 5) is 16.4. The number of para-hydroxylation sites is 1. The van der Waals surface area contributed by atoms with E-state index in [0.717, 1.165) is 27.8 Å². The fourth-order valence-electron chi connectivity index (χ4n) is 3.55. The maximum atomic E-state index is 13.6. The van der Waals surface area contributed by atoms with Gasteiger partial charge >= 0.3 is 0 Å². The number of nitrogens with zero attached hydrogens (tertiary/aromatic N) is 1. The van der Waals surface area contributed by atoms with Crippen LogP contribution in [0.3, 0.4) is 0 Å². The van der Waals surface area contributed by atoms with Crippen LogP contribution in [0, 0.1) is 5.82 Å². The number of rotatable bonds is 9. The number of hydrogen-bond acceptors (Lipinski definition) is 3. The van der Waals surface area contributed by atoms with Crippen molar-refractivity contribution < 1.29 is 13.9 Å². The van der Waals surface area contributed by atoms with Crippen LogP contribution in [0.1, 0.15) is 23.1 Å². The highest BCUT2D eigenvalue weighted by atomic mass is 19.1. The van der Waals surface area contributed by atoms with Crippen molar-refractivity contribution in [1.29, 1.82) is 0 Å². The number of benzene rings is 3. The first-order chi connectivity index (χ1) is 15.7. The van der Waals surface area contributed by atoms with Crippen LogP contribution in [0.4, 0.5) is 4.39 Å². The molecule has 4 heteroatoms. The van der Waals surface area contributed by atoms with Gasteiger partial charge in [0, 0.05) is 30.8 Å². The molecule has 0 spiro atoms. The molecule has 0 atom stereocenters. The third kappa shape index (κ3) is 5.88. The van der Waals surface area contributed by atoms with Gasteiger partial charge in [-0.25, -0.2) is 4.39 Å². The molecular weight excluding hydrogens is 401 g/mol. The lowest BCUT2D eigenvalue weighted by Crippen LogP contribution is -2.05. The fourth-order valence-corrected chi connectivity index (χ4v) is 3.55. The van der Waals surface area contributed by atoms with Crippen molar-refractivity contribution in [3.05, 3.63) is 120 Å². The summed E-state index contributed by atoms with van der Waals surface area (Å²) in [6.07, 6.45) is 5.17. The van der Waals surface area contributed by atoms with Crippen LogP contribution in [-0.2, 0) is 24.2 Å². The third-order valence-electron chi connectivity index (χ3n) is 5.26. The van der Waals surface area contributed by atoms with Gasteiger partial charge in [0.15, 0.2) is 0 Å². The van der Waals surface area contributed by atoms with Gasteiger partial charge in [0.1, 0.15) is 24.0 Å². The molecule has 4 aromatic rings. The molecule has 0 aliphatic rings. The number of ketones is 1. The van der Waals surface area contributed by atoms with E-state index < -0.39 is 0 Å². The SMILES string of the molecule is O=C(CCc1cccnc1)Cc1ccc(COc2ccccc2-c2cccc(F)c2)cc1. The molecule has 3 nitrogen and oxygen atoms in total. The van der Waals surface area contributed by atoms with Gasteiger partial charge < -0.3 is 4.74 Å². The number of halogens is 1. The predicted molar refractivity (Wildman–Crippen MR) is 124 cm³/mol. The summed E-state index contributed by atoms with van der Waals surface area (Å²) in [7, 11) is 0. The molecular formula is C28H24FNO2. The lowest BCUT2D eigenvalue weighted by atomic mass is 10.0. The van der Waals surface area contributed by atoms with E-state index in [-0.39, 0.29) is 11.6 Å². The van der Waals surface area contributed by atoms with E-state index in [9.17, 15) is 9.18 Å². The maximum Gasteiger partial charge on any atom is 0.137 e. The summed E-state index contributed by atoms with van der Waals surface area (Å²) in [6, 6.07) is 25.9. The highest BCUT2D eigenvalue weighted by Crippen LogP contribution is 2.30. The lowest BCUT2D eigenvalue weighted by Gasteiger charge is -2.12. The number of aromatic nitrogens is 1. The average Bonchev–Trinajstić information content (AvgIpc) is 2.83. The first-order valence-corrected chi connectivity index (χ1v) is 10.6. The van der Waals surface area contributed by atoms with E-state index in [1.807, 2.05) is 66.7 Å². The number of Topliss-reactive ketones (excluding diaryl/α,β-unsaturated/α-hetero) is 1. The minimum absolute atomic E-state index is 0.210. The van der Waals surface area contributed by atoms with Crippen LogP contribution in [-0.4, -0.2) is 10.8 Å². The minimum Gasteiger partial charge on any atom is -0.488 e. The number of hydrogen-bond donors (Lipinski definition) is 0. The Labute approximate surface area is 187 Å². The Bertz CT molecular complexity index is 1170. The van der Waals surface area contributed by atoms with Crippen molar-refractivity contribution in [2.24, 2.45) is 0 Å². The van der Waals surface area contributed by atoms with E-state index in [0.29, 0.717) is 31.6 Å². The van der Waals surface area contributed by atoms with Gasteiger partial charge in [-0.3, -0.25) is 9.78 Å². The monoisotopic (exact) mass is 425 g/mol. The zero-order valence-electron chi connectivity index (χ0n) is 17.7. The van der Waals surface area contributed by atoms with Crippen LogP contribution in [0.15, 0.2) is 97.3 Å². The summed E-state index contributed by atoms with van der Waals surface area (Å²) in [5.41, 5.74) is 4.70. The molecule has 0 saturated carbocycles. The first-order valence-electron chi connectivity index (χ1n) is 10.6. The van der Waals surface area contributed by atoms with Gasteiger partial charge in [-0.05, 0) is 52.9 Å². The number of pyridine rings is 1. The zero-order chi connectivity index (χ0) is 22.2. The second-order valence-electron chi connectivity index (χ2n) is 7.69. The Balaban J connectivity index is 1.33. The summed E-state index contributed by atoms with van der Waals surface area (Å²) < 4.78 is 19.7. The van der Waals surface area contributed by atoms with Crippen LogP contribution in [0.25, 0.3) is 11.1 Å². The minimum atomic E-state index is -0.275. The van der Waals surface area contributed by atoms with Crippen LogP contribution < -0.4 is 4.74 Å². The summed E-state index contributed by atoms with van der Waals surface area (Å²) in [6.45, 7) is 0.390. The van der Waals surface area contributed by atoms with E-state index in [1.165, 1.54) is 12.1 Å². The molecule has 4 rings (SSSR count). The van der Waals surface area contributed by atoms with E-state index in [4.69, 9.17) is 4.74 Å². The van der Waals surface area contributed by atoms with Gasteiger partial charge in [0.25, 0.3) is 0 Å². The molecule has 0 saturated heterocycles. The molecule has 0 amide bonds. The Morgan fingerprint density at radius 2 is 1.66 bits per heavy atom. The van der Waals surface area contributed by atoms with Crippen molar-refractivity contribution in [3.63, 3.8) is 0 Å². The number of carbonyl (C=O) groups is 1. The van der Waals surface area contributed by atoms with Crippen molar-refractivity contribution in [1.82, 2.24) is 4.98 Å². The maximum absolute atomic E-state index is 13.6.